The Morgan fingerprint density at radius 1 is 1.50 bits per heavy atom. The third-order valence-electron chi connectivity index (χ3n) is 1.63. The van der Waals surface area contributed by atoms with Crippen molar-refractivity contribution in [3.8, 4) is 5.88 Å². The van der Waals surface area contributed by atoms with Crippen molar-refractivity contribution >= 4 is 5.97 Å². The fourth-order valence-electron chi connectivity index (χ4n) is 1.06. The number of carbonyl (C=O) groups excluding carboxylic acids is 1. The Labute approximate surface area is 82.6 Å². The molecule has 1 aromatic rings. The molecule has 0 fully saturated rings. The predicted octanol–water partition coefficient (Wildman–Crippen LogP) is 0.995. The Bertz CT molecular complexity index is 320. The summed E-state index contributed by atoms with van der Waals surface area (Å²) in [4.78, 5) is 11.3. The van der Waals surface area contributed by atoms with Crippen LogP contribution in [0.25, 0.3) is 0 Å². The third-order valence-corrected chi connectivity index (χ3v) is 1.63. The zero-order valence-electron chi connectivity index (χ0n) is 8.61. The molecule has 5 heteroatoms. The number of hydrogen-bond donors (Lipinski definition) is 0. The van der Waals surface area contributed by atoms with Crippen LogP contribution < -0.4 is 4.74 Å². The lowest BCUT2D eigenvalue weighted by Crippen LogP contribution is -2.10. The molecule has 0 aliphatic carbocycles. The number of ether oxygens (including phenoxy) is 2. The number of esters is 1. The molecule has 0 aromatic carbocycles. The molecule has 0 bridgehead atoms. The van der Waals surface area contributed by atoms with Crippen LogP contribution in [0, 0.1) is 0 Å². The van der Waals surface area contributed by atoms with E-state index in [1.54, 1.807) is 20.0 Å². The Morgan fingerprint density at radius 3 is 2.79 bits per heavy atom. The molecule has 78 valence electrons. The van der Waals surface area contributed by atoms with Crippen molar-refractivity contribution in [2.75, 3.05) is 13.2 Å². The molecule has 0 radical (unpaired) electrons. The molecule has 0 atom stereocenters. The molecule has 5 nitrogen and oxygen atoms in total. The molecular weight excluding hydrogens is 184 g/mol. The molecule has 0 aliphatic heterocycles. The number of aromatic nitrogens is 2. The van der Waals surface area contributed by atoms with Gasteiger partial charge in [0, 0.05) is 13.1 Å². The van der Waals surface area contributed by atoms with Crippen LogP contribution in [0.3, 0.4) is 0 Å². The zero-order chi connectivity index (χ0) is 10.6. The van der Waals surface area contributed by atoms with Crippen molar-refractivity contribution in [3.05, 3.63) is 11.8 Å². The Morgan fingerprint density at radius 2 is 2.21 bits per heavy atom. The normalized spacial score (nSPS) is 9.93. The van der Waals surface area contributed by atoms with E-state index in [1.807, 2.05) is 6.92 Å². The summed E-state index contributed by atoms with van der Waals surface area (Å²) in [6.07, 6.45) is 0. The van der Waals surface area contributed by atoms with Crippen LogP contribution in [0.5, 0.6) is 5.88 Å². The van der Waals surface area contributed by atoms with Gasteiger partial charge >= 0.3 is 5.97 Å². The van der Waals surface area contributed by atoms with E-state index in [1.165, 1.54) is 4.68 Å². The van der Waals surface area contributed by atoms with Crippen molar-refractivity contribution in [2.45, 2.75) is 13.8 Å². The maximum absolute atomic E-state index is 11.3. The van der Waals surface area contributed by atoms with E-state index in [0.717, 1.165) is 0 Å². The second-order valence-corrected chi connectivity index (χ2v) is 2.64. The van der Waals surface area contributed by atoms with Crippen molar-refractivity contribution in [3.63, 3.8) is 0 Å². The van der Waals surface area contributed by atoms with Gasteiger partial charge in [-0.05, 0) is 13.8 Å². The highest BCUT2D eigenvalue weighted by atomic mass is 16.5. The van der Waals surface area contributed by atoms with Gasteiger partial charge in [-0.1, -0.05) is 0 Å². The molecular formula is C9H14N2O3. The lowest BCUT2D eigenvalue weighted by atomic mass is 10.4. The standard InChI is InChI=1S/C9H14N2O3/c1-4-13-8-6-7(11(3)10-8)9(12)14-5-2/h6H,4-5H2,1-3H3. The van der Waals surface area contributed by atoms with Gasteiger partial charge in [-0.2, -0.15) is 0 Å². The smallest absolute Gasteiger partial charge is 0.356 e. The second-order valence-electron chi connectivity index (χ2n) is 2.64. The first-order valence-electron chi connectivity index (χ1n) is 4.53. The Hall–Kier alpha value is -1.52. The van der Waals surface area contributed by atoms with Gasteiger partial charge in [-0.25, -0.2) is 4.79 Å². The van der Waals surface area contributed by atoms with Crippen LogP contribution >= 0.6 is 0 Å². The van der Waals surface area contributed by atoms with Gasteiger partial charge < -0.3 is 9.47 Å². The average molecular weight is 198 g/mol. The van der Waals surface area contributed by atoms with E-state index in [2.05, 4.69) is 5.10 Å². The van der Waals surface area contributed by atoms with E-state index >= 15 is 0 Å². The Kier molecular flexibility index (Phi) is 3.50. The van der Waals surface area contributed by atoms with Gasteiger partial charge in [0.1, 0.15) is 5.69 Å². The molecule has 0 saturated carbocycles. The number of hydrogen-bond acceptors (Lipinski definition) is 4. The minimum Gasteiger partial charge on any atom is -0.477 e. The van der Waals surface area contributed by atoms with E-state index in [-0.39, 0.29) is 5.97 Å². The van der Waals surface area contributed by atoms with Crippen LogP contribution in [-0.2, 0) is 11.8 Å². The monoisotopic (exact) mass is 198 g/mol. The highest BCUT2D eigenvalue weighted by molar-refractivity contribution is 5.87. The van der Waals surface area contributed by atoms with Crippen molar-refractivity contribution in [1.82, 2.24) is 9.78 Å². The molecule has 1 rings (SSSR count). The first kappa shape index (κ1) is 10.6. The second kappa shape index (κ2) is 4.64. The Balaban J connectivity index is 2.81. The average Bonchev–Trinajstić information content (AvgIpc) is 2.48. The van der Waals surface area contributed by atoms with Gasteiger partial charge in [0.15, 0.2) is 0 Å². The molecule has 14 heavy (non-hydrogen) atoms. The minimum atomic E-state index is -0.381. The van der Waals surface area contributed by atoms with Crippen LogP contribution in [0.4, 0.5) is 0 Å². The van der Waals surface area contributed by atoms with E-state index in [0.29, 0.717) is 24.8 Å². The van der Waals surface area contributed by atoms with Gasteiger partial charge in [0.25, 0.3) is 0 Å². The first-order chi connectivity index (χ1) is 6.69. The predicted molar refractivity (Wildman–Crippen MR) is 50.3 cm³/mol. The van der Waals surface area contributed by atoms with E-state index in [9.17, 15) is 4.79 Å². The highest BCUT2D eigenvalue weighted by Crippen LogP contribution is 2.11. The minimum absolute atomic E-state index is 0.355. The van der Waals surface area contributed by atoms with E-state index < -0.39 is 0 Å². The van der Waals surface area contributed by atoms with Crippen molar-refractivity contribution < 1.29 is 14.3 Å². The molecule has 0 amide bonds. The summed E-state index contributed by atoms with van der Waals surface area (Å²) in [5, 5.41) is 4.00. The summed E-state index contributed by atoms with van der Waals surface area (Å²) in [6.45, 7) is 4.50. The SMILES string of the molecule is CCOC(=O)c1cc(OCC)nn1C. The van der Waals surface area contributed by atoms with Crippen LogP contribution in [0.1, 0.15) is 24.3 Å². The maximum atomic E-state index is 11.3. The summed E-state index contributed by atoms with van der Waals surface area (Å²) < 4.78 is 11.4. The van der Waals surface area contributed by atoms with Gasteiger partial charge in [0.2, 0.25) is 5.88 Å². The molecule has 1 aromatic heterocycles. The molecule has 0 spiro atoms. The highest BCUT2D eigenvalue weighted by Gasteiger charge is 2.14. The third kappa shape index (κ3) is 2.25. The van der Waals surface area contributed by atoms with Crippen molar-refractivity contribution in [1.29, 1.82) is 0 Å². The summed E-state index contributed by atoms with van der Waals surface area (Å²) in [5.41, 5.74) is 0.398. The molecule has 1 heterocycles. The topological polar surface area (TPSA) is 53.4 Å². The fraction of sp³-hybridized carbons (Fsp3) is 0.556. The van der Waals surface area contributed by atoms with Crippen LogP contribution in [-0.4, -0.2) is 29.0 Å². The lowest BCUT2D eigenvalue weighted by molar-refractivity contribution is 0.0513. The first-order valence-corrected chi connectivity index (χ1v) is 4.53. The van der Waals surface area contributed by atoms with Crippen LogP contribution in [0.2, 0.25) is 0 Å². The number of rotatable bonds is 4. The molecule has 0 N–H and O–H groups in total. The fourth-order valence-corrected chi connectivity index (χ4v) is 1.06. The van der Waals surface area contributed by atoms with Gasteiger partial charge in [-0.15, -0.1) is 5.10 Å². The number of aryl methyl sites for hydroxylation is 1. The molecule has 0 aliphatic rings. The summed E-state index contributed by atoms with van der Waals surface area (Å²) in [7, 11) is 1.68. The number of carbonyl (C=O) groups is 1. The molecule has 0 saturated heterocycles. The largest absolute Gasteiger partial charge is 0.477 e. The quantitative estimate of drug-likeness (QED) is 0.677. The summed E-state index contributed by atoms with van der Waals surface area (Å²) >= 11 is 0. The summed E-state index contributed by atoms with van der Waals surface area (Å²) in [5.74, 6) is 0.0616. The summed E-state index contributed by atoms with van der Waals surface area (Å²) in [6, 6.07) is 1.57. The lowest BCUT2D eigenvalue weighted by Gasteiger charge is -1.99. The van der Waals surface area contributed by atoms with Gasteiger partial charge in [-0.3, -0.25) is 4.68 Å². The van der Waals surface area contributed by atoms with Crippen molar-refractivity contribution in [2.24, 2.45) is 7.05 Å². The van der Waals surface area contributed by atoms with Gasteiger partial charge in [0.05, 0.1) is 13.2 Å². The molecule has 0 unspecified atom stereocenters. The van der Waals surface area contributed by atoms with Crippen LogP contribution in [0.15, 0.2) is 6.07 Å². The van der Waals surface area contributed by atoms with E-state index in [4.69, 9.17) is 9.47 Å². The maximum Gasteiger partial charge on any atom is 0.356 e. The zero-order valence-corrected chi connectivity index (χ0v) is 8.61. The number of nitrogens with zero attached hydrogens (tertiary/aromatic N) is 2.